The zero-order valence-corrected chi connectivity index (χ0v) is 13.0. The maximum Gasteiger partial charge on any atom is 0.238 e. The Morgan fingerprint density at radius 2 is 2.05 bits per heavy atom. The Morgan fingerprint density at radius 1 is 1.33 bits per heavy atom. The normalized spacial score (nSPS) is 21.0. The second-order valence-electron chi connectivity index (χ2n) is 5.95. The van der Waals surface area contributed by atoms with Gasteiger partial charge >= 0.3 is 0 Å². The lowest BCUT2D eigenvalue weighted by molar-refractivity contribution is -0.120. The van der Waals surface area contributed by atoms with Crippen molar-refractivity contribution >= 4 is 5.91 Å². The summed E-state index contributed by atoms with van der Waals surface area (Å²) in [6.07, 6.45) is 1.53. The topological polar surface area (TPSA) is 61.6 Å². The second-order valence-corrected chi connectivity index (χ2v) is 5.95. The third kappa shape index (κ3) is 4.52. The van der Waals surface area contributed by atoms with E-state index in [2.05, 4.69) is 35.3 Å². The fraction of sp³-hybridized carbons (Fsp3) is 0.562. The van der Waals surface area contributed by atoms with Gasteiger partial charge in [0.2, 0.25) is 5.91 Å². The standard InChI is InChI=1S/C16H26N4O/c1-13-11-19(2)8-5-9-20(13)12-15-7-4-3-6-14(15)10-16(21)18-17/h3-4,6-7,13H,5,8-12,17H2,1-2H3,(H,18,21). The van der Waals surface area contributed by atoms with E-state index in [0.717, 1.165) is 31.7 Å². The number of rotatable bonds is 4. The van der Waals surface area contributed by atoms with E-state index in [0.29, 0.717) is 12.5 Å². The van der Waals surface area contributed by atoms with E-state index in [1.165, 1.54) is 12.0 Å². The Bertz CT molecular complexity index is 477. The number of nitrogens with two attached hydrogens (primary N) is 1. The van der Waals surface area contributed by atoms with Crippen LogP contribution in [0, 0.1) is 0 Å². The average Bonchev–Trinajstić information content (AvgIpc) is 2.62. The van der Waals surface area contributed by atoms with Gasteiger partial charge in [-0.3, -0.25) is 15.1 Å². The molecule has 1 aliphatic heterocycles. The largest absolute Gasteiger partial charge is 0.305 e. The molecule has 0 aromatic heterocycles. The van der Waals surface area contributed by atoms with Crippen molar-refractivity contribution in [2.75, 3.05) is 26.7 Å². The van der Waals surface area contributed by atoms with Crippen molar-refractivity contribution in [3.63, 3.8) is 0 Å². The Morgan fingerprint density at radius 3 is 2.76 bits per heavy atom. The molecule has 1 heterocycles. The predicted octanol–water partition coefficient (Wildman–Crippen LogP) is 0.745. The third-order valence-corrected chi connectivity index (χ3v) is 4.19. The summed E-state index contributed by atoms with van der Waals surface area (Å²) in [5.74, 6) is 5.05. The lowest BCUT2D eigenvalue weighted by Gasteiger charge is -2.28. The first kappa shape index (κ1) is 15.9. The highest BCUT2D eigenvalue weighted by Crippen LogP contribution is 2.17. The zero-order chi connectivity index (χ0) is 15.2. The van der Waals surface area contributed by atoms with Crippen LogP contribution in [0.5, 0.6) is 0 Å². The molecule has 1 atom stereocenters. The van der Waals surface area contributed by atoms with Crippen LogP contribution in [0.4, 0.5) is 0 Å². The molecule has 116 valence electrons. The predicted molar refractivity (Wildman–Crippen MR) is 84.5 cm³/mol. The number of hydrogen-bond acceptors (Lipinski definition) is 4. The van der Waals surface area contributed by atoms with Gasteiger partial charge in [-0.1, -0.05) is 24.3 Å². The van der Waals surface area contributed by atoms with Crippen LogP contribution in [-0.2, 0) is 17.8 Å². The van der Waals surface area contributed by atoms with Gasteiger partial charge in [0.05, 0.1) is 6.42 Å². The number of likely N-dealkylation sites (N-methyl/N-ethyl adjacent to an activating group) is 1. The SMILES string of the molecule is CC1CN(C)CCCN1Cc1ccccc1CC(=O)NN. The average molecular weight is 290 g/mol. The van der Waals surface area contributed by atoms with E-state index >= 15 is 0 Å². The number of carbonyl (C=O) groups is 1. The van der Waals surface area contributed by atoms with E-state index in [1.807, 2.05) is 18.2 Å². The summed E-state index contributed by atoms with van der Waals surface area (Å²) in [6, 6.07) is 8.66. The van der Waals surface area contributed by atoms with Crippen LogP contribution in [-0.4, -0.2) is 48.4 Å². The molecule has 0 saturated carbocycles. The van der Waals surface area contributed by atoms with Gasteiger partial charge in [0, 0.05) is 25.7 Å². The van der Waals surface area contributed by atoms with Gasteiger partial charge in [-0.2, -0.15) is 0 Å². The van der Waals surface area contributed by atoms with Crippen molar-refractivity contribution in [2.45, 2.75) is 32.4 Å². The molecule has 1 aromatic carbocycles. The van der Waals surface area contributed by atoms with Gasteiger partial charge < -0.3 is 4.90 Å². The van der Waals surface area contributed by atoms with E-state index in [9.17, 15) is 4.79 Å². The summed E-state index contributed by atoms with van der Waals surface area (Å²) < 4.78 is 0. The lowest BCUT2D eigenvalue weighted by Crippen LogP contribution is -2.37. The molecule has 1 saturated heterocycles. The molecule has 0 aliphatic carbocycles. The number of hydrazine groups is 1. The van der Waals surface area contributed by atoms with Gasteiger partial charge in [0.15, 0.2) is 0 Å². The Hall–Kier alpha value is -1.43. The Labute approximate surface area is 127 Å². The van der Waals surface area contributed by atoms with Gasteiger partial charge in [-0.25, -0.2) is 5.84 Å². The molecular formula is C16H26N4O. The fourth-order valence-electron chi connectivity index (χ4n) is 2.98. The zero-order valence-electron chi connectivity index (χ0n) is 13.0. The monoisotopic (exact) mass is 290 g/mol. The first-order valence-corrected chi connectivity index (χ1v) is 7.59. The van der Waals surface area contributed by atoms with Crippen LogP contribution in [0.25, 0.3) is 0 Å². The Kier molecular flexibility index (Phi) is 5.73. The number of benzene rings is 1. The minimum absolute atomic E-state index is 0.147. The summed E-state index contributed by atoms with van der Waals surface area (Å²) in [5.41, 5.74) is 4.49. The number of carbonyl (C=O) groups excluding carboxylic acids is 1. The number of amides is 1. The molecular weight excluding hydrogens is 264 g/mol. The van der Waals surface area contributed by atoms with Crippen LogP contribution in [0.2, 0.25) is 0 Å². The maximum atomic E-state index is 11.5. The van der Waals surface area contributed by atoms with E-state index in [-0.39, 0.29) is 5.91 Å². The quantitative estimate of drug-likeness (QED) is 0.488. The summed E-state index contributed by atoms with van der Waals surface area (Å²) in [7, 11) is 2.18. The Balaban J connectivity index is 2.09. The number of hydrogen-bond donors (Lipinski definition) is 2. The highest BCUT2D eigenvalue weighted by molar-refractivity contribution is 5.78. The van der Waals surface area contributed by atoms with Gasteiger partial charge in [-0.15, -0.1) is 0 Å². The van der Waals surface area contributed by atoms with Crippen molar-refractivity contribution < 1.29 is 4.79 Å². The molecule has 1 unspecified atom stereocenters. The van der Waals surface area contributed by atoms with Crippen molar-refractivity contribution in [1.82, 2.24) is 15.2 Å². The van der Waals surface area contributed by atoms with Crippen molar-refractivity contribution in [1.29, 1.82) is 0 Å². The fourth-order valence-corrected chi connectivity index (χ4v) is 2.98. The van der Waals surface area contributed by atoms with Crippen LogP contribution >= 0.6 is 0 Å². The summed E-state index contributed by atoms with van der Waals surface area (Å²) in [4.78, 5) is 16.4. The molecule has 0 bridgehead atoms. The molecule has 1 fully saturated rings. The van der Waals surface area contributed by atoms with E-state index < -0.39 is 0 Å². The molecule has 3 N–H and O–H groups in total. The minimum atomic E-state index is -0.147. The van der Waals surface area contributed by atoms with E-state index in [4.69, 9.17) is 5.84 Å². The molecule has 1 aromatic rings. The molecule has 2 rings (SSSR count). The molecule has 1 aliphatic rings. The molecule has 21 heavy (non-hydrogen) atoms. The number of nitrogens with zero attached hydrogens (tertiary/aromatic N) is 2. The minimum Gasteiger partial charge on any atom is -0.305 e. The number of nitrogens with one attached hydrogen (secondary N) is 1. The maximum absolute atomic E-state index is 11.5. The first-order valence-electron chi connectivity index (χ1n) is 7.59. The summed E-state index contributed by atoms with van der Waals surface area (Å²) >= 11 is 0. The molecule has 1 amide bonds. The molecule has 0 radical (unpaired) electrons. The molecule has 0 spiro atoms. The van der Waals surface area contributed by atoms with Crippen LogP contribution < -0.4 is 11.3 Å². The second kappa shape index (κ2) is 7.54. The summed E-state index contributed by atoms with van der Waals surface area (Å²) in [6.45, 7) is 6.51. The highest BCUT2D eigenvalue weighted by Gasteiger charge is 2.20. The van der Waals surface area contributed by atoms with Gasteiger partial charge in [-0.05, 0) is 38.1 Å². The van der Waals surface area contributed by atoms with Crippen molar-refractivity contribution in [2.24, 2.45) is 5.84 Å². The molecule has 5 nitrogen and oxygen atoms in total. The van der Waals surface area contributed by atoms with Crippen LogP contribution in [0.1, 0.15) is 24.5 Å². The van der Waals surface area contributed by atoms with Gasteiger partial charge in [0.1, 0.15) is 0 Å². The lowest BCUT2D eigenvalue weighted by atomic mass is 10.0. The first-order chi connectivity index (χ1) is 10.1. The smallest absolute Gasteiger partial charge is 0.238 e. The molecule has 5 heteroatoms. The van der Waals surface area contributed by atoms with E-state index in [1.54, 1.807) is 0 Å². The van der Waals surface area contributed by atoms with Crippen molar-refractivity contribution in [3.8, 4) is 0 Å². The van der Waals surface area contributed by atoms with Gasteiger partial charge in [0.25, 0.3) is 0 Å². The highest BCUT2D eigenvalue weighted by atomic mass is 16.2. The third-order valence-electron chi connectivity index (χ3n) is 4.19. The van der Waals surface area contributed by atoms with Crippen LogP contribution in [0.15, 0.2) is 24.3 Å². The van der Waals surface area contributed by atoms with Crippen molar-refractivity contribution in [3.05, 3.63) is 35.4 Å². The van der Waals surface area contributed by atoms with Crippen LogP contribution in [0.3, 0.4) is 0 Å². The summed E-state index contributed by atoms with van der Waals surface area (Å²) in [5, 5.41) is 0.